The molecule has 0 spiro atoms. The smallest absolute Gasteiger partial charge is 0.312 e. The molecule has 2 atom stereocenters. The van der Waals surface area contributed by atoms with Gasteiger partial charge in [-0.3, -0.25) is 9.59 Å². The molecule has 20 heavy (non-hydrogen) atoms. The first-order chi connectivity index (χ1) is 9.56. The molecule has 2 saturated heterocycles. The van der Waals surface area contributed by atoms with Gasteiger partial charge in [0.25, 0.3) is 0 Å². The van der Waals surface area contributed by atoms with E-state index < -0.39 is 6.03 Å². The molecule has 2 aliphatic rings. The summed E-state index contributed by atoms with van der Waals surface area (Å²) in [5.41, 5.74) is 5.06. The van der Waals surface area contributed by atoms with Crippen LogP contribution in [0.25, 0.3) is 0 Å². The maximum atomic E-state index is 12.4. The Bertz CT molecular complexity index is 389. The molecule has 4 amide bonds. The van der Waals surface area contributed by atoms with Gasteiger partial charge in [0.2, 0.25) is 11.8 Å². The molecule has 7 heteroatoms. The SMILES string of the molecule is NC(=O)NCC1CCCN(C(=O)C2CCC(=O)NC2)C1. The molecule has 2 aliphatic heterocycles. The molecule has 112 valence electrons. The number of nitrogens with zero attached hydrogens (tertiary/aromatic N) is 1. The number of likely N-dealkylation sites (tertiary alicyclic amines) is 1. The van der Waals surface area contributed by atoms with E-state index in [1.54, 1.807) is 0 Å². The van der Waals surface area contributed by atoms with Gasteiger partial charge in [-0.2, -0.15) is 0 Å². The summed E-state index contributed by atoms with van der Waals surface area (Å²) >= 11 is 0. The van der Waals surface area contributed by atoms with E-state index in [1.165, 1.54) is 0 Å². The largest absolute Gasteiger partial charge is 0.355 e. The second kappa shape index (κ2) is 6.58. The number of hydrogen-bond donors (Lipinski definition) is 3. The van der Waals surface area contributed by atoms with Crippen LogP contribution in [0, 0.1) is 11.8 Å². The molecule has 0 radical (unpaired) electrons. The Balaban J connectivity index is 1.83. The van der Waals surface area contributed by atoms with Gasteiger partial charge in [0, 0.05) is 32.6 Å². The third-order valence-electron chi connectivity index (χ3n) is 4.01. The van der Waals surface area contributed by atoms with Crippen molar-refractivity contribution in [2.75, 3.05) is 26.2 Å². The van der Waals surface area contributed by atoms with Crippen LogP contribution in [0.4, 0.5) is 4.79 Å². The maximum Gasteiger partial charge on any atom is 0.312 e. The van der Waals surface area contributed by atoms with Crippen molar-refractivity contribution in [1.29, 1.82) is 0 Å². The van der Waals surface area contributed by atoms with Crippen molar-refractivity contribution in [2.24, 2.45) is 17.6 Å². The molecule has 4 N–H and O–H groups in total. The summed E-state index contributed by atoms with van der Waals surface area (Å²) in [7, 11) is 0. The van der Waals surface area contributed by atoms with Crippen LogP contribution in [0.5, 0.6) is 0 Å². The van der Waals surface area contributed by atoms with Gasteiger partial charge in [-0.05, 0) is 25.2 Å². The van der Waals surface area contributed by atoms with Crippen LogP contribution < -0.4 is 16.4 Å². The number of nitrogens with one attached hydrogen (secondary N) is 2. The van der Waals surface area contributed by atoms with E-state index in [2.05, 4.69) is 10.6 Å². The normalized spacial score (nSPS) is 26.8. The van der Waals surface area contributed by atoms with Gasteiger partial charge in [-0.15, -0.1) is 0 Å². The molecule has 2 unspecified atom stereocenters. The monoisotopic (exact) mass is 282 g/mol. The Kier molecular flexibility index (Phi) is 4.81. The van der Waals surface area contributed by atoms with Crippen LogP contribution in [0.3, 0.4) is 0 Å². The minimum Gasteiger partial charge on any atom is -0.355 e. The van der Waals surface area contributed by atoms with Gasteiger partial charge >= 0.3 is 6.03 Å². The second-order valence-corrected chi connectivity index (χ2v) is 5.58. The quantitative estimate of drug-likeness (QED) is 0.645. The minimum atomic E-state index is -0.525. The fourth-order valence-electron chi connectivity index (χ4n) is 2.88. The van der Waals surface area contributed by atoms with E-state index in [9.17, 15) is 14.4 Å². The molecule has 2 heterocycles. The van der Waals surface area contributed by atoms with Crippen LogP contribution >= 0.6 is 0 Å². The van der Waals surface area contributed by atoms with Crippen molar-refractivity contribution >= 4 is 17.8 Å². The van der Waals surface area contributed by atoms with Crippen LogP contribution in [-0.4, -0.2) is 48.9 Å². The first-order valence-electron chi connectivity index (χ1n) is 7.15. The van der Waals surface area contributed by atoms with Crippen molar-refractivity contribution in [1.82, 2.24) is 15.5 Å². The standard InChI is InChI=1S/C13H22N4O3/c14-13(20)16-6-9-2-1-5-17(8-9)12(19)10-3-4-11(18)15-7-10/h9-10H,1-8H2,(H,15,18)(H3,14,16,20). The van der Waals surface area contributed by atoms with E-state index in [0.717, 1.165) is 19.4 Å². The average Bonchev–Trinajstić information content (AvgIpc) is 2.45. The third-order valence-corrected chi connectivity index (χ3v) is 4.01. The molecule has 2 rings (SSSR count). The number of urea groups is 1. The third kappa shape index (κ3) is 3.85. The van der Waals surface area contributed by atoms with Gasteiger partial charge < -0.3 is 21.3 Å². The predicted molar refractivity (Wildman–Crippen MR) is 72.6 cm³/mol. The zero-order valence-electron chi connectivity index (χ0n) is 11.6. The highest BCUT2D eigenvalue weighted by Gasteiger charge is 2.31. The van der Waals surface area contributed by atoms with Gasteiger partial charge in [0.1, 0.15) is 0 Å². The Morgan fingerprint density at radius 3 is 2.85 bits per heavy atom. The number of primary amides is 1. The van der Waals surface area contributed by atoms with Crippen LogP contribution in [0.15, 0.2) is 0 Å². The fourth-order valence-corrected chi connectivity index (χ4v) is 2.88. The highest BCUT2D eigenvalue weighted by Crippen LogP contribution is 2.20. The summed E-state index contributed by atoms with van der Waals surface area (Å²) in [4.78, 5) is 36.1. The summed E-state index contributed by atoms with van der Waals surface area (Å²) in [6.45, 7) is 2.37. The van der Waals surface area contributed by atoms with Crippen molar-refractivity contribution in [3.63, 3.8) is 0 Å². The van der Waals surface area contributed by atoms with Crippen molar-refractivity contribution in [3.8, 4) is 0 Å². The predicted octanol–water partition coefficient (Wildman–Crippen LogP) is -0.580. The topological polar surface area (TPSA) is 105 Å². The summed E-state index contributed by atoms with van der Waals surface area (Å²) in [5, 5.41) is 5.35. The summed E-state index contributed by atoms with van der Waals surface area (Å²) < 4.78 is 0. The van der Waals surface area contributed by atoms with Crippen molar-refractivity contribution in [2.45, 2.75) is 25.7 Å². The lowest BCUT2D eigenvalue weighted by Gasteiger charge is -2.35. The number of rotatable bonds is 3. The highest BCUT2D eigenvalue weighted by molar-refractivity contribution is 5.83. The number of amides is 4. The maximum absolute atomic E-state index is 12.4. The molecule has 0 aromatic carbocycles. The van der Waals surface area contributed by atoms with Gasteiger partial charge in [-0.1, -0.05) is 0 Å². The molecule has 0 aliphatic carbocycles. The Morgan fingerprint density at radius 1 is 1.40 bits per heavy atom. The molecule has 0 bridgehead atoms. The van der Waals surface area contributed by atoms with E-state index in [1.807, 2.05) is 4.90 Å². The Morgan fingerprint density at radius 2 is 2.20 bits per heavy atom. The highest BCUT2D eigenvalue weighted by atomic mass is 16.2. The first kappa shape index (κ1) is 14.6. The number of hydrogen-bond acceptors (Lipinski definition) is 3. The van der Waals surface area contributed by atoms with Gasteiger partial charge in [0.15, 0.2) is 0 Å². The fraction of sp³-hybridized carbons (Fsp3) is 0.769. The Labute approximate surface area is 118 Å². The zero-order chi connectivity index (χ0) is 14.5. The van der Waals surface area contributed by atoms with E-state index in [4.69, 9.17) is 5.73 Å². The van der Waals surface area contributed by atoms with Crippen LogP contribution in [-0.2, 0) is 9.59 Å². The summed E-state index contributed by atoms with van der Waals surface area (Å²) in [6, 6.07) is -0.525. The van der Waals surface area contributed by atoms with Crippen LogP contribution in [0.1, 0.15) is 25.7 Å². The molecule has 0 aromatic rings. The molecule has 0 saturated carbocycles. The lowest BCUT2D eigenvalue weighted by molar-refractivity contribution is -0.139. The lowest BCUT2D eigenvalue weighted by atomic mass is 9.93. The van der Waals surface area contributed by atoms with E-state index >= 15 is 0 Å². The number of nitrogens with two attached hydrogens (primary N) is 1. The zero-order valence-corrected chi connectivity index (χ0v) is 11.6. The molecular formula is C13H22N4O3. The number of carbonyl (C=O) groups excluding carboxylic acids is 3. The molecule has 2 fully saturated rings. The average molecular weight is 282 g/mol. The van der Waals surface area contributed by atoms with Crippen molar-refractivity contribution in [3.05, 3.63) is 0 Å². The summed E-state index contributed by atoms with van der Waals surface area (Å²) in [5.74, 6) is 0.305. The number of carbonyl (C=O) groups is 3. The van der Waals surface area contributed by atoms with E-state index in [0.29, 0.717) is 32.5 Å². The summed E-state index contributed by atoms with van der Waals surface area (Å²) in [6.07, 6.45) is 2.99. The van der Waals surface area contributed by atoms with Gasteiger partial charge in [-0.25, -0.2) is 4.79 Å². The second-order valence-electron chi connectivity index (χ2n) is 5.58. The molecule has 7 nitrogen and oxygen atoms in total. The first-order valence-corrected chi connectivity index (χ1v) is 7.15. The molecular weight excluding hydrogens is 260 g/mol. The van der Waals surface area contributed by atoms with E-state index in [-0.39, 0.29) is 23.7 Å². The molecule has 0 aromatic heterocycles. The van der Waals surface area contributed by atoms with Gasteiger partial charge in [0.05, 0.1) is 5.92 Å². The van der Waals surface area contributed by atoms with Crippen molar-refractivity contribution < 1.29 is 14.4 Å². The lowest BCUT2D eigenvalue weighted by Crippen LogP contribution is -2.49. The van der Waals surface area contributed by atoms with Crippen LogP contribution in [0.2, 0.25) is 0 Å². The minimum absolute atomic E-state index is 0.0243. The Hall–Kier alpha value is -1.79. The number of piperidine rings is 2.